The van der Waals surface area contributed by atoms with Gasteiger partial charge in [0.05, 0.1) is 0 Å². The molecule has 0 radical (unpaired) electrons. The van der Waals surface area contributed by atoms with Crippen LogP contribution in [0.2, 0.25) is 0 Å². The molecule has 1 saturated heterocycles. The standard InChI is InChI=1S/C11H17N3O/c1-2-6(1)12-7-3-4-9-8(5-7)10-11(15-10)14-13-9/h6-7,10-14H,1-5H2. The highest BCUT2D eigenvalue weighted by Crippen LogP contribution is 2.38. The van der Waals surface area contributed by atoms with Gasteiger partial charge in [0.1, 0.15) is 6.10 Å². The minimum absolute atomic E-state index is 0.253. The van der Waals surface area contributed by atoms with Gasteiger partial charge in [0.25, 0.3) is 0 Å². The maximum absolute atomic E-state index is 5.56. The molecule has 3 unspecified atom stereocenters. The second-order valence-electron chi connectivity index (χ2n) is 5.13. The third kappa shape index (κ3) is 1.48. The van der Waals surface area contributed by atoms with E-state index in [1.54, 1.807) is 0 Å². The third-order valence-corrected chi connectivity index (χ3v) is 3.85. The molecule has 82 valence electrons. The van der Waals surface area contributed by atoms with Crippen molar-refractivity contribution in [2.75, 3.05) is 0 Å². The number of hydrogen-bond donors (Lipinski definition) is 3. The Hall–Kier alpha value is -0.580. The van der Waals surface area contributed by atoms with Crippen LogP contribution in [-0.4, -0.2) is 24.4 Å². The highest BCUT2D eigenvalue weighted by molar-refractivity contribution is 5.29. The second kappa shape index (κ2) is 2.97. The van der Waals surface area contributed by atoms with Gasteiger partial charge < -0.3 is 15.5 Å². The Labute approximate surface area is 89.4 Å². The van der Waals surface area contributed by atoms with Crippen molar-refractivity contribution in [2.45, 2.75) is 56.5 Å². The summed E-state index contributed by atoms with van der Waals surface area (Å²) in [5.41, 5.74) is 9.36. The summed E-state index contributed by atoms with van der Waals surface area (Å²) in [6, 6.07) is 1.52. The molecule has 0 spiro atoms. The zero-order valence-electron chi connectivity index (χ0n) is 8.75. The van der Waals surface area contributed by atoms with Gasteiger partial charge in [-0.1, -0.05) is 0 Å². The molecule has 3 N–H and O–H groups in total. The first-order valence-electron chi connectivity index (χ1n) is 6.05. The molecule has 2 aliphatic heterocycles. The molecule has 0 amide bonds. The third-order valence-electron chi connectivity index (χ3n) is 3.85. The zero-order chi connectivity index (χ0) is 9.83. The van der Waals surface area contributed by atoms with E-state index in [-0.39, 0.29) is 6.23 Å². The predicted molar refractivity (Wildman–Crippen MR) is 55.8 cm³/mol. The molecular formula is C11H17N3O. The van der Waals surface area contributed by atoms with E-state index < -0.39 is 0 Å². The molecule has 4 nitrogen and oxygen atoms in total. The Morgan fingerprint density at radius 2 is 2.13 bits per heavy atom. The van der Waals surface area contributed by atoms with Gasteiger partial charge in [-0.15, -0.1) is 0 Å². The number of allylic oxidation sites excluding steroid dienone is 1. The van der Waals surface area contributed by atoms with Crippen LogP contribution in [0.25, 0.3) is 0 Å². The number of epoxide rings is 1. The highest BCUT2D eigenvalue weighted by Gasteiger charge is 2.47. The van der Waals surface area contributed by atoms with Crippen LogP contribution in [0.1, 0.15) is 32.1 Å². The van der Waals surface area contributed by atoms with Crippen molar-refractivity contribution in [2.24, 2.45) is 0 Å². The van der Waals surface area contributed by atoms with Gasteiger partial charge >= 0.3 is 0 Å². The molecule has 2 heterocycles. The molecule has 0 aromatic heterocycles. The predicted octanol–water partition coefficient (Wildman–Crippen LogP) is 0.378. The number of rotatable bonds is 2. The minimum atomic E-state index is 0.253. The lowest BCUT2D eigenvalue weighted by atomic mass is 9.89. The van der Waals surface area contributed by atoms with Crippen molar-refractivity contribution in [1.29, 1.82) is 0 Å². The lowest BCUT2D eigenvalue weighted by molar-refractivity contribution is 0.347. The maximum atomic E-state index is 5.56. The van der Waals surface area contributed by atoms with Crippen LogP contribution in [0.5, 0.6) is 0 Å². The Bertz CT molecular complexity index is 324. The molecule has 0 aromatic rings. The van der Waals surface area contributed by atoms with Gasteiger partial charge in [0.15, 0.2) is 6.23 Å². The molecule has 0 aromatic carbocycles. The lowest BCUT2D eigenvalue weighted by Gasteiger charge is -2.30. The average molecular weight is 207 g/mol. The molecule has 1 saturated carbocycles. The fourth-order valence-corrected chi connectivity index (χ4v) is 2.77. The van der Waals surface area contributed by atoms with Gasteiger partial charge in [0.2, 0.25) is 0 Å². The molecule has 4 rings (SSSR count). The van der Waals surface area contributed by atoms with Crippen molar-refractivity contribution >= 4 is 0 Å². The summed E-state index contributed by atoms with van der Waals surface area (Å²) in [6.45, 7) is 0. The summed E-state index contributed by atoms with van der Waals surface area (Å²) in [6.07, 6.45) is 7.01. The van der Waals surface area contributed by atoms with Crippen molar-refractivity contribution in [3.8, 4) is 0 Å². The number of ether oxygens (including phenoxy) is 1. The van der Waals surface area contributed by atoms with E-state index in [1.807, 2.05) is 0 Å². The molecule has 15 heavy (non-hydrogen) atoms. The van der Waals surface area contributed by atoms with Gasteiger partial charge in [-0.25, -0.2) is 5.43 Å². The topological polar surface area (TPSA) is 48.6 Å². The van der Waals surface area contributed by atoms with E-state index in [4.69, 9.17) is 4.74 Å². The quantitative estimate of drug-likeness (QED) is 0.573. The maximum Gasteiger partial charge on any atom is 0.155 e. The summed E-state index contributed by atoms with van der Waals surface area (Å²) in [4.78, 5) is 0. The summed E-state index contributed by atoms with van der Waals surface area (Å²) < 4.78 is 5.56. The molecular weight excluding hydrogens is 190 g/mol. The average Bonchev–Trinajstić information content (AvgIpc) is 3.12. The first-order chi connectivity index (χ1) is 7.40. The van der Waals surface area contributed by atoms with Crippen LogP contribution in [0.3, 0.4) is 0 Å². The second-order valence-corrected chi connectivity index (χ2v) is 5.13. The van der Waals surface area contributed by atoms with E-state index in [0.29, 0.717) is 12.1 Å². The van der Waals surface area contributed by atoms with Crippen molar-refractivity contribution in [1.82, 2.24) is 16.2 Å². The summed E-state index contributed by atoms with van der Waals surface area (Å²) in [5, 5.41) is 3.73. The number of hydrazine groups is 1. The van der Waals surface area contributed by atoms with Gasteiger partial charge in [-0.2, -0.15) is 0 Å². The molecule has 4 aliphatic rings. The number of nitrogens with one attached hydrogen (secondary N) is 3. The van der Waals surface area contributed by atoms with E-state index in [2.05, 4.69) is 16.2 Å². The van der Waals surface area contributed by atoms with E-state index >= 15 is 0 Å². The molecule has 2 fully saturated rings. The van der Waals surface area contributed by atoms with Crippen LogP contribution >= 0.6 is 0 Å². The van der Waals surface area contributed by atoms with Crippen molar-refractivity contribution < 1.29 is 4.74 Å². The normalized spacial score (nSPS) is 43.1. The fourth-order valence-electron chi connectivity index (χ4n) is 2.77. The SMILES string of the molecule is C1CC(NC2CC2)CC2=C1NNC1OC21. The first kappa shape index (κ1) is 8.56. The monoisotopic (exact) mass is 207 g/mol. The van der Waals surface area contributed by atoms with Crippen molar-refractivity contribution in [3.63, 3.8) is 0 Å². The Kier molecular flexibility index (Phi) is 1.69. The lowest BCUT2D eigenvalue weighted by Crippen LogP contribution is -2.44. The van der Waals surface area contributed by atoms with Gasteiger partial charge in [0, 0.05) is 17.8 Å². The summed E-state index contributed by atoms with van der Waals surface area (Å²) >= 11 is 0. The molecule has 0 bridgehead atoms. The van der Waals surface area contributed by atoms with Gasteiger partial charge in [-0.3, -0.25) is 0 Å². The highest BCUT2D eigenvalue weighted by atomic mass is 16.6. The van der Waals surface area contributed by atoms with Crippen molar-refractivity contribution in [3.05, 3.63) is 11.3 Å². The largest absolute Gasteiger partial charge is 0.347 e. The Balaban J connectivity index is 1.49. The first-order valence-corrected chi connectivity index (χ1v) is 6.05. The van der Waals surface area contributed by atoms with E-state index in [9.17, 15) is 0 Å². The summed E-state index contributed by atoms with van der Waals surface area (Å²) in [7, 11) is 0. The van der Waals surface area contributed by atoms with Crippen LogP contribution in [0.15, 0.2) is 11.3 Å². The van der Waals surface area contributed by atoms with Crippen LogP contribution < -0.4 is 16.2 Å². The van der Waals surface area contributed by atoms with Gasteiger partial charge in [-0.05, 0) is 37.7 Å². The van der Waals surface area contributed by atoms with Crippen LogP contribution in [-0.2, 0) is 4.74 Å². The van der Waals surface area contributed by atoms with Crippen LogP contribution in [0, 0.1) is 0 Å². The molecule has 4 heteroatoms. The smallest absolute Gasteiger partial charge is 0.155 e. The number of fused-ring (bicyclic) bond motifs is 2. The number of hydrogen-bond acceptors (Lipinski definition) is 4. The van der Waals surface area contributed by atoms with E-state index in [1.165, 1.54) is 43.4 Å². The van der Waals surface area contributed by atoms with Crippen LogP contribution in [0.4, 0.5) is 0 Å². The summed E-state index contributed by atoms with van der Waals surface area (Å²) in [5.74, 6) is 0. The van der Waals surface area contributed by atoms with E-state index in [0.717, 1.165) is 6.04 Å². The fraction of sp³-hybridized carbons (Fsp3) is 0.818. The Morgan fingerprint density at radius 3 is 3.00 bits per heavy atom. The molecule has 2 aliphatic carbocycles. The zero-order valence-corrected chi connectivity index (χ0v) is 8.75. The Morgan fingerprint density at radius 1 is 1.20 bits per heavy atom. The molecule has 3 atom stereocenters. The minimum Gasteiger partial charge on any atom is -0.347 e.